The lowest BCUT2D eigenvalue weighted by Gasteiger charge is -2.45. The van der Waals surface area contributed by atoms with Crippen LogP contribution in [0.3, 0.4) is 0 Å². The Kier molecular flexibility index (Phi) is 8.93. The molecule has 0 spiro atoms. The molecule has 65 heavy (non-hydrogen) atoms. The molecule has 0 N–H and O–H groups in total. The normalized spacial score (nSPS) is 12.7. The molecule has 4 nitrogen and oxygen atoms in total. The molecule has 2 aliphatic rings. The summed E-state index contributed by atoms with van der Waals surface area (Å²) in [5.74, 6) is 0. The zero-order chi connectivity index (χ0) is 44.1. The quantitative estimate of drug-likeness (QED) is 0.156. The number of rotatable bonds is 6. The minimum atomic E-state index is -0.0169. The Morgan fingerprint density at radius 3 is 1.52 bits per heavy atom. The van der Waals surface area contributed by atoms with Gasteiger partial charge in [0.1, 0.15) is 11.2 Å². The van der Waals surface area contributed by atoms with Crippen LogP contribution in [0, 0.1) is 41.5 Å². The van der Waals surface area contributed by atoms with Gasteiger partial charge >= 0.3 is 0 Å². The minimum Gasteiger partial charge on any atom is -0.455 e. The first-order chi connectivity index (χ1) is 31.7. The third-order valence-electron chi connectivity index (χ3n) is 13.6. The lowest BCUT2D eigenvalue weighted by molar-refractivity contribution is 0.670. The van der Waals surface area contributed by atoms with E-state index in [1.165, 1.54) is 61.1 Å². The molecule has 0 saturated carbocycles. The maximum atomic E-state index is 6.79. The number of hydrogen-bond donors (Lipinski definition) is 0. The van der Waals surface area contributed by atoms with E-state index >= 15 is 0 Å². The zero-order valence-corrected chi connectivity index (χ0v) is 37.6. The molecule has 0 amide bonds. The van der Waals surface area contributed by atoms with Crippen molar-refractivity contribution in [3.63, 3.8) is 0 Å². The summed E-state index contributed by atoms with van der Waals surface area (Å²) < 4.78 is 6.79. The highest BCUT2D eigenvalue weighted by atomic mass is 16.3. The van der Waals surface area contributed by atoms with E-state index in [0.29, 0.717) is 0 Å². The van der Waals surface area contributed by atoms with Crippen LogP contribution >= 0.6 is 0 Å². The molecule has 0 fully saturated rings. The number of nitrogens with zero attached hydrogens (tertiary/aromatic N) is 3. The Balaban J connectivity index is 1.21. The summed E-state index contributed by atoms with van der Waals surface area (Å²) in [6.45, 7) is 13.1. The molecule has 0 bridgehead atoms. The molecule has 0 radical (unpaired) electrons. The van der Waals surface area contributed by atoms with Crippen molar-refractivity contribution in [3.05, 3.63) is 215 Å². The molecule has 0 unspecified atom stereocenters. The van der Waals surface area contributed by atoms with Gasteiger partial charge in [0.25, 0.3) is 6.71 Å². The van der Waals surface area contributed by atoms with Crippen molar-refractivity contribution in [2.45, 2.75) is 41.5 Å². The molecular formula is C60H48BN3O. The molecule has 1 aromatic heterocycles. The topological polar surface area (TPSA) is 22.9 Å². The van der Waals surface area contributed by atoms with Gasteiger partial charge in [-0.1, -0.05) is 137 Å². The zero-order valence-electron chi connectivity index (χ0n) is 37.6. The second-order valence-electron chi connectivity index (χ2n) is 18.3. The van der Waals surface area contributed by atoms with Gasteiger partial charge in [-0.15, -0.1) is 0 Å². The van der Waals surface area contributed by atoms with Gasteiger partial charge in [-0.25, -0.2) is 0 Å². The van der Waals surface area contributed by atoms with Crippen LogP contribution < -0.4 is 31.1 Å². The number of para-hydroxylation sites is 2. The van der Waals surface area contributed by atoms with Gasteiger partial charge in [-0.05, 0) is 137 Å². The number of fused-ring (bicyclic) bond motifs is 7. The van der Waals surface area contributed by atoms with E-state index in [2.05, 4.69) is 238 Å². The number of hydrogen-bond acceptors (Lipinski definition) is 4. The number of furan rings is 1. The Morgan fingerprint density at radius 2 is 0.892 bits per heavy atom. The largest absolute Gasteiger partial charge is 0.455 e. The van der Waals surface area contributed by atoms with Crippen molar-refractivity contribution in [2.75, 3.05) is 14.7 Å². The fourth-order valence-electron chi connectivity index (χ4n) is 10.4. The highest BCUT2D eigenvalue weighted by Crippen LogP contribution is 2.50. The lowest BCUT2D eigenvalue weighted by atomic mass is 9.33. The van der Waals surface area contributed by atoms with Crippen molar-refractivity contribution in [3.8, 4) is 11.1 Å². The fourth-order valence-corrected chi connectivity index (χ4v) is 10.4. The molecule has 5 heteroatoms. The predicted molar refractivity (Wildman–Crippen MR) is 276 cm³/mol. The van der Waals surface area contributed by atoms with Gasteiger partial charge < -0.3 is 19.1 Å². The first-order valence-electron chi connectivity index (χ1n) is 22.7. The smallest absolute Gasteiger partial charge is 0.252 e. The standard InChI is InChI=1S/C60H48BN3O/c1-37-14-23-43(24-15-37)62(44-25-16-38(2)17-26-44)46-35-56-59-57(36-46)64(53-29-20-40(4)32-50(53)49-12-9-11-48-47-10-7-8-13-58(47)65-60(48)49)55-31-22-42(6)34-52(55)61(59)51-33-41(5)21-30-54(51)63(56)45-27-18-39(3)19-28-45/h7-36H,1-6H3. The van der Waals surface area contributed by atoms with Gasteiger partial charge in [-0.3, -0.25) is 0 Å². The molecule has 9 aromatic carbocycles. The van der Waals surface area contributed by atoms with E-state index in [4.69, 9.17) is 4.42 Å². The van der Waals surface area contributed by atoms with Crippen LogP contribution in [0.4, 0.5) is 51.2 Å². The minimum absolute atomic E-state index is 0.0169. The molecule has 0 atom stereocenters. The molecule has 2 aliphatic heterocycles. The summed E-state index contributed by atoms with van der Waals surface area (Å²) in [7, 11) is 0. The van der Waals surface area contributed by atoms with E-state index in [-0.39, 0.29) is 6.71 Å². The summed E-state index contributed by atoms with van der Waals surface area (Å²) in [6, 6.07) is 67.8. The van der Waals surface area contributed by atoms with Crippen LogP contribution in [0.15, 0.2) is 186 Å². The molecule has 0 saturated heterocycles. The monoisotopic (exact) mass is 837 g/mol. The lowest BCUT2D eigenvalue weighted by Crippen LogP contribution is -2.61. The van der Waals surface area contributed by atoms with Crippen LogP contribution in [0.25, 0.3) is 33.1 Å². The van der Waals surface area contributed by atoms with Crippen LogP contribution in [0.2, 0.25) is 0 Å². The van der Waals surface area contributed by atoms with Crippen LogP contribution in [-0.4, -0.2) is 6.71 Å². The van der Waals surface area contributed by atoms with E-state index < -0.39 is 0 Å². The van der Waals surface area contributed by atoms with Gasteiger partial charge in [0.05, 0.1) is 11.4 Å². The molecule has 10 aromatic rings. The average molecular weight is 838 g/mol. The first-order valence-corrected chi connectivity index (χ1v) is 22.7. The van der Waals surface area contributed by atoms with Crippen LogP contribution in [0.5, 0.6) is 0 Å². The molecule has 0 aliphatic carbocycles. The first kappa shape index (κ1) is 38.9. The van der Waals surface area contributed by atoms with Crippen LogP contribution in [-0.2, 0) is 0 Å². The van der Waals surface area contributed by atoms with Crippen molar-refractivity contribution in [1.82, 2.24) is 0 Å². The molecular weight excluding hydrogens is 789 g/mol. The summed E-state index contributed by atoms with van der Waals surface area (Å²) >= 11 is 0. The second-order valence-corrected chi connectivity index (χ2v) is 18.3. The third kappa shape index (κ3) is 6.29. The van der Waals surface area contributed by atoms with Crippen molar-refractivity contribution in [2.24, 2.45) is 0 Å². The second kappa shape index (κ2) is 14.9. The highest BCUT2D eigenvalue weighted by molar-refractivity contribution is 7.00. The van der Waals surface area contributed by atoms with E-state index in [0.717, 1.165) is 72.9 Å². The summed E-state index contributed by atoms with van der Waals surface area (Å²) in [5, 5.41) is 2.24. The van der Waals surface area contributed by atoms with E-state index in [9.17, 15) is 0 Å². The Labute approximate surface area is 381 Å². The summed E-state index contributed by atoms with van der Waals surface area (Å²) in [5.41, 5.74) is 25.4. The van der Waals surface area contributed by atoms with Crippen LogP contribution in [0.1, 0.15) is 33.4 Å². The highest BCUT2D eigenvalue weighted by Gasteiger charge is 2.44. The Morgan fingerprint density at radius 1 is 0.385 bits per heavy atom. The maximum absolute atomic E-state index is 6.79. The number of anilines is 9. The maximum Gasteiger partial charge on any atom is 0.252 e. The van der Waals surface area contributed by atoms with Gasteiger partial charge in [0, 0.05) is 61.7 Å². The molecule has 312 valence electrons. The molecule has 12 rings (SSSR count). The predicted octanol–water partition coefficient (Wildman–Crippen LogP) is 14.7. The SMILES string of the molecule is Cc1ccc(N(c2ccc(C)cc2)c2cc3c4c(c2)N(c2ccc(C)cc2-c2cccc5c2oc2ccccc25)c2ccc(C)cc2B4c2cc(C)ccc2N3c2ccc(C)cc2)cc1. The Bertz CT molecular complexity index is 3470. The number of aryl methyl sites for hydroxylation is 6. The third-order valence-corrected chi connectivity index (χ3v) is 13.6. The van der Waals surface area contributed by atoms with Gasteiger partial charge in [0.15, 0.2) is 0 Å². The summed E-state index contributed by atoms with van der Waals surface area (Å²) in [6.07, 6.45) is 0. The number of benzene rings is 9. The van der Waals surface area contributed by atoms with Gasteiger partial charge in [-0.2, -0.15) is 0 Å². The average Bonchev–Trinajstić information content (AvgIpc) is 3.70. The van der Waals surface area contributed by atoms with E-state index in [1.807, 2.05) is 0 Å². The molecule has 3 heterocycles. The van der Waals surface area contributed by atoms with Crippen molar-refractivity contribution >= 4 is 96.2 Å². The fraction of sp³-hybridized carbons (Fsp3) is 0.100. The van der Waals surface area contributed by atoms with Crippen molar-refractivity contribution in [1.29, 1.82) is 0 Å². The van der Waals surface area contributed by atoms with E-state index in [1.54, 1.807) is 0 Å². The summed E-state index contributed by atoms with van der Waals surface area (Å²) in [4.78, 5) is 7.50. The van der Waals surface area contributed by atoms with Crippen molar-refractivity contribution < 1.29 is 4.42 Å². The van der Waals surface area contributed by atoms with Gasteiger partial charge in [0.2, 0.25) is 0 Å². The Hall–Kier alpha value is -7.76.